The summed E-state index contributed by atoms with van der Waals surface area (Å²) in [5.74, 6) is 0. The highest BCUT2D eigenvalue weighted by molar-refractivity contribution is 6.31. The molecule has 1 aliphatic carbocycles. The lowest BCUT2D eigenvalue weighted by Crippen LogP contribution is -2.55. The highest BCUT2D eigenvalue weighted by Gasteiger charge is 2.44. The summed E-state index contributed by atoms with van der Waals surface area (Å²) in [4.78, 5) is 0. The molecule has 29 heavy (non-hydrogen) atoms. The van der Waals surface area contributed by atoms with Gasteiger partial charge in [-0.05, 0) is 66.0 Å². The van der Waals surface area contributed by atoms with Crippen LogP contribution in [0.25, 0.3) is 0 Å². The predicted octanol–water partition coefficient (Wildman–Crippen LogP) is 2.32. The van der Waals surface area contributed by atoms with Gasteiger partial charge in [-0.25, -0.2) is 0 Å². The number of benzene rings is 2. The Morgan fingerprint density at radius 1 is 0.897 bits per heavy atom. The van der Waals surface area contributed by atoms with E-state index in [-0.39, 0.29) is 0 Å². The van der Waals surface area contributed by atoms with E-state index in [0.29, 0.717) is 17.0 Å². The molecular weight excluding hydrogens is 392 g/mol. The molecule has 0 aromatic heterocycles. The largest absolute Gasteiger partial charge is 0.394 e. The van der Waals surface area contributed by atoms with E-state index < -0.39 is 37.1 Å². The third kappa shape index (κ3) is 4.22. The van der Waals surface area contributed by atoms with Crippen LogP contribution in [0.15, 0.2) is 36.4 Å². The summed E-state index contributed by atoms with van der Waals surface area (Å²) in [5, 5.41) is 40.5. The van der Waals surface area contributed by atoms with Crippen molar-refractivity contribution >= 4 is 11.6 Å². The fourth-order valence-electron chi connectivity index (χ4n) is 4.40. The monoisotopic (exact) mass is 418 g/mol. The number of hydrogen-bond donors (Lipinski definition) is 4. The van der Waals surface area contributed by atoms with Gasteiger partial charge in [-0.15, -0.1) is 0 Å². The van der Waals surface area contributed by atoms with Crippen molar-refractivity contribution in [3.63, 3.8) is 0 Å². The summed E-state index contributed by atoms with van der Waals surface area (Å²) in [5.41, 5.74) is 5.57. The number of hydrogen-bond acceptors (Lipinski definition) is 5. The van der Waals surface area contributed by atoms with Crippen LogP contribution in [0, 0.1) is 0 Å². The van der Waals surface area contributed by atoms with Gasteiger partial charge in [-0.3, -0.25) is 0 Å². The van der Waals surface area contributed by atoms with Gasteiger partial charge in [-0.1, -0.05) is 41.9 Å². The van der Waals surface area contributed by atoms with Gasteiger partial charge in [0, 0.05) is 5.02 Å². The van der Waals surface area contributed by atoms with Crippen molar-refractivity contribution < 1.29 is 25.2 Å². The van der Waals surface area contributed by atoms with Crippen LogP contribution in [-0.2, 0) is 24.0 Å². The number of aliphatic hydroxyl groups excluding tert-OH is 4. The summed E-state index contributed by atoms with van der Waals surface area (Å²) in [6.45, 7) is -0.447. The molecule has 4 rings (SSSR count). The first-order valence-electron chi connectivity index (χ1n) is 10.2. The average molecular weight is 419 g/mol. The quantitative estimate of drug-likeness (QED) is 0.612. The molecule has 1 saturated heterocycles. The van der Waals surface area contributed by atoms with E-state index in [1.807, 2.05) is 6.07 Å². The number of fused-ring (bicyclic) bond motifs is 1. The molecule has 0 saturated carbocycles. The molecule has 4 N–H and O–H groups in total. The third-order valence-corrected chi connectivity index (χ3v) is 6.47. The number of aryl methyl sites for hydroxylation is 2. The Morgan fingerprint density at radius 2 is 1.66 bits per heavy atom. The predicted molar refractivity (Wildman–Crippen MR) is 110 cm³/mol. The summed E-state index contributed by atoms with van der Waals surface area (Å²) in [6.07, 6.45) is -0.473. The Bertz CT molecular complexity index is 868. The Labute approximate surface area is 175 Å². The minimum Gasteiger partial charge on any atom is -0.394 e. The van der Waals surface area contributed by atoms with E-state index in [0.717, 1.165) is 18.4 Å². The van der Waals surface area contributed by atoms with Gasteiger partial charge in [0.2, 0.25) is 0 Å². The standard InChI is InChI=1S/C23H27ClO5/c24-18-8-7-16(23-22(28)21(27)20(26)19(12-25)29-23)11-17(18)10-13-5-6-14-3-1-2-4-15(14)9-13/h5-9,11,19-23,25-28H,1-4,10,12H2. The van der Waals surface area contributed by atoms with Crippen molar-refractivity contribution in [2.75, 3.05) is 6.61 Å². The number of ether oxygens (including phenoxy) is 1. The molecule has 1 aliphatic heterocycles. The van der Waals surface area contributed by atoms with E-state index in [1.165, 1.54) is 29.5 Å². The third-order valence-electron chi connectivity index (χ3n) is 6.10. The molecule has 0 amide bonds. The van der Waals surface area contributed by atoms with Gasteiger partial charge < -0.3 is 25.2 Å². The second-order valence-electron chi connectivity index (χ2n) is 8.09. The van der Waals surface area contributed by atoms with E-state index in [4.69, 9.17) is 16.3 Å². The fourth-order valence-corrected chi connectivity index (χ4v) is 4.59. The lowest BCUT2D eigenvalue weighted by Gasteiger charge is -2.40. The van der Waals surface area contributed by atoms with Gasteiger partial charge in [-0.2, -0.15) is 0 Å². The molecule has 5 nitrogen and oxygen atoms in total. The van der Waals surface area contributed by atoms with Crippen LogP contribution in [0.2, 0.25) is 5.02 Å². The molecule has 156 valence electrons. The van der Waals surface area contributed by atoms with E-state index in [1.54, 1.807) is 12.1 Å². The van der Waals surface area contributed by atoms with Crippen LogP contribution < -0.4 is 0 Å². The van der Waals surface area contributed by atoms with Crippen LogP contribution in [0.1, 0.15) is 46.8 Å². The van der Waals surface area contributed by atoms with Crippen molar-refractivity contribution in [2.24, 2.45) is 0 Å². The molecule has 1 fully saturated rings. The molecule has 5 unspecified atom stereocenters. The first kappa shape index (κ1) is 20.8. The van der Waals surface area contributed by atoms with Crippen LogP contribution in [0.3, 0.4) is 0 Å². The average Bonchev–Trinajstić information content (AvgIpc) is 2.74. The molecule has 5 atom stereocenters. The first-order chi connectivity index (χ1) is 14.0. The van der Waals surface area contributed by atoms with E-state index >= 15 is 0 Å². The molecule has 0 spiro atoms. The van der Waals surface area contributed by atoms with Crippen molar-refractivity contribution in [3.8, 4) is 0 Å². The molecule has 6 heteroatoms. The maximum absolute atomic E-state index is 10.4. The Kier molecular flexibility index (Phi) is 6.25. The maximum atomic E-state index is 10.4. The van der Waals surface area contributed by atoms with Crippen molar-refractivity contribution in [2.45, 2.75) is 62.6 Å². The second-order valence-corrected chi connectivity index (χ2v) is 8.49. The highest BCUT2D eigenvalue weighted by Crippen LogP contribution is 2.34. The summed E-state index contributed by atoms with van der Waals surface area (Å²) < 4.78 is 5.68. The zero-order valence-electron chi connectivity index (χ0n) is 16.2. The minimum absolute atomic E-state index is 0.447. The number of halogens is 1. The zero-order valence-corrected chi connectivity index (χ0v) is 16.9. The number of aliphatic hydroxyl groups is 4. The lowest BCUT2D eigenvalue weighted by molar-refractivity contribution is -0.231. The van der Waals surface area contributed by atoms with Crippen molar-refractivity contribution in [3.05, 3.63) is 69.2 Å². The summed E-state index contributed by atoms with van der Waals surface area (Å²) >= 11 is 6.44. The highest BCUT2D eigenvalue weighted by atomic mass is 35.5. The SMILES string of the molecule is OCC1OC(c2ccc(Cl)c(Cc3ccc4c(c3)CCCC4)c2)C(O)C(O)C1O. The lowest BCUT2D eigenvalue weighted by atomic mass is 9.88. The topological polar surface area (TPSA) is 90.2 Å². The molecule has 2 aromatic rings. The molecule has 2 aromatic carbocycles. The van der Waals surface area contributed by atoms with Gasteiger partial charge in [0.1, 0.15) is 30.5 Å². The smallest absolute Gasteiger partial charge is 0.113 e. The molecule has 2 aliphatic rings. The van der Waals surface area contributed by atoms with Crippen LogP contribution in [0.5, 0.6) is 0 Å². The summed E-state index contributed by atoms with van der Waals surface area (Å²) in [6, 6.07) is 12.0. The normalized spacial score (nSPS) is 29.5. The van der Waals surface area contributed by atoms with E-state index in [9.17, 15) is 20.4 Å². The Balaban J connectivity index is 1.59. The maximum Gasteiger partial charge on any atom is 0.113 e. The van der Waals surface area contributed by atoms with Crippen molar-refractivity contribution in [1.29, 1.82) is 0 Å². The van der Waals surface area contributed by atoms with Crippen molar-refractivity contribution in [1.82, 2.24) is 0 Å². The molecule has 0 bridgehead atoms. The number of rotatable bonds is 4. The van der Waals surface area contributed by atoms with Crippen LogP contribution in [-0.4, -0.2) is 51.4 Å². The Hall–Kier alpha value is -1.47. The van der Waals surface area contributed by atoms with Crippen LogP contribution in [0.4, 0.5) is 0 Å². The Morgan fingerprint density at radius 3 is 2.41 bits per heavy atom. The van der Waals surface area contributed by atoms with Gasteiger partial charge in [0.05, 0.1) is 6.61 Å². The first-order valence-corrected chi connectivity index (χ1v) is 10.5. The fraction of sp³-hybridized carbons (Fsp3) is 0.478. The van der Waals surface area contributed by atoms with E-state index in [2.05, 4.69) is 18.2 Å². The molecule has 1 heterocycles. The van der Waals surface area contributed by atoms with Crippen LogP contribution >= 0.6 is 11.6 Å². The second kappa shape index (κ2) is 8.72. The van der Waals surface area contributed by atoms with Gasteiger partial charge in [0.15, 0.2) is 0 Å². The molecular formula is C23H27ClO5. The van der Waals surface area contributed by atoms with Gasteiger partial charge in [0.25, 0.3) is 0 Å². The summed E-state index contributed by atoms with van der Waals surface area (Å²) in [7, 11) is 0. The minimum atomic E-state index is -1.40. The molecule has 0 radical (unpaired) electrons. The zero-order chi connectivity index (χ0) is 20.5. The van der Waals surface area contributed by atoms with Gasteiger partial charge >= 0.3 is 0 Å².